The van der Waals surface area contributed by atoms with Crippen molar-refractivity contribution in [2.75, 3.05) is 6.54 Å². The van der Waals surface area contributed by atoms with Crippen molar-refractivity contribution in [3.63, 3.8) is 0 Å². The van der Waals surface area contributed by atoms with Gasteiger partial charge in [-0.1, -0.05) is 6.92 Å². The van der Waals surface area contributed by atoms with Crippen LogP contribution in [0.3, 0.4) is 0 Å². The number of ketones is 1. The van der Waals surface area contributed by atoms with Gasteiger partial charge in [0.05, 0.1) is 6.04 Å². The van der Waals surface area contributed by atoms with Crippen LogP contribution in [0.15, 0.2) is 0 Å². The van der Waals surface area contributed by atoms with Crippen LogP contribution in [-0.2, 0) is 4.79 Å². The zero-order chi connectivity index (χ0) is 6.57. The molecular weight excluding hydrogens is 104 g/mol. The molecule has 0 saturated carbocycles. The highest BCUT2D eigenvalue weighted by Crippen LogP contribution is 1.83. The maximum Gasteiger partial charge on any atom is 0.150 e. The largest absolute Gasteiger partial charge is 0.328 e. The third kappa shape index (κ3) is 2.04. The van der Waals surface area contributed by atoms with Gasteiger partial charge in [-0.25, -0.2) is 0 Å². The number of carbonyl (C=O) groups is 1. The van der Waals surface area contributed by atoms with E-state index >= 15 is 0 Å². The van der Waals surface area contributed by atoms with Crippen molar-refractivity contribution in [2.24, 2.45) is 11.5 Å². The zero-order valence-electron chi connectivity index (χ0n) is 5.05. The molecule has 0 heterocycles. The van der Waals surface area contributed by atoms with Gasteiger partial charge in [-0.15, -0.1) is 0 Å². The Morgan fingerprint density at radius 3 is 2.38 bits per heavy atom. The molecular formula is C5H12N2O. The number of carbonyl (C=O) groups excluding carboxylic acids is 1. The molecule has 0 aliphatic carbocycles. The van der Waals surface area contributed by atoms with Crippen molar-refractivity contribution in [3.05, 3.63) is 0 Å². The van der Waals surface area contributed by atoms with Crippen LogP contribution in [0.4, 0.5) is 0 Å². The summed E-state index contributed by atoms with van der Waals surface area (Å²) in [5.74, 6) is 0.0347. The Morgan fingerprint density at radius 2 is 2.25 bits per heavy atom. The third-order valence-electron chi connectivity index (χ3n) is 1.02. The average Bonchev–Trinajstić information content (AvgIpc) is 1.84. The molecule has 0 aromatic heterocycles. The molecule has 3 heteroatoms. The van der Waals surface area contributed by atoms with E-state index in [1.54, 1.807) is 6.92 Å². The zero-order valence-corrected chi connectivity index (χ0v) is 5.05. The summed E-state index contributed by atoms with van der Waals surface area (Å²) >= 11 is 0. The molecule has 48 valence electrons. The minimum absolute atomic E-state index is 0.0347. The Kier molecular flexibility index (Phi) is 3.39. The van der Waals surface area contributed by atoms with Gasteiger partial charge < -0.3 is 11.5 Å². The molecule has 0 aliphatic rings. The van der Waals surface area contributed by atoms with E-state index < -0.39 is 6.04 Å². The standard InChI is InChI=1S/C5H12N2O/c1-2-5(8)4(7)3-6/h4H,2-3,6-7H2,1H3/t4-/m0/s1. The summed E-state index contributed by atoms with van der Waals surface area (Å²) in [5.41, 5.74) is 10.4. The van der Waals surface area contributed by atoms with E-state index in [0.29, 0.717) is 6.42 Å². The second-order valence-corrected chi connectivity index (χ2v) is 1.66. The van der Waals surface area contributed by atoms with Gasteiger partial charge in [0, 0.05) is 13.0 Å². The molecule has 0 amide bonds. The van der Waals surface area contributed by atoms with Crippen molar-refractivity contribution in [3.8, 4) is 0 Å². The lowest BCUT2D eigenvalue weighted by Gasteiger charge is -2.02. The fraction of sp³-hybridized carbons (Fsp3) is 0.800. The first-order valence-corrected chi connectivity index (χ1v) is 2.70. The van der Waals surface area contributed by atoms with E-state index in [-0.39, 0.29) is 12.3 Å². The highest BCUT2D eigenvalue weighted by molar-refractivity contribution is 5.83. The normalized spacial score (nSPS) is 13.4. The van der Waals surface area contributed by atoms with E-state index in [9.17, 15) is 4.79 Å². The second kappa shape index (κ2) is 3.57. The summed E-state index contributed by atoms with van der Waals surface area (Å²) < 4.78 is 0. The summed E-state index contributed by atoms with van der Waals surface area (Å²) in [6.07, 6.45) is 0.484. The number of nitrogens with two attached hydrogens (primary N) is 2. The van der Waals surface area contributed by atoms with Gasteiger partial charge in [0.15, 0.2) is 5.78 Å². The van der Waals surface area contributed by atoms with Gasteiger partial charge in [0.25, 0.3) is 0 Å². The maximum absolute atomic E-state index is 10.5. The predicted octanol–water partition coefficient (Wildman–Crippen LogP) is -0.748. The van der Waals surface area contributed by atoms with Crippen LogP contribution in [0.25, 0.3) is 0 Å². The van der Waals surface area contributed by atoms with E-state index in [4.69, 9.17) is 11.5 Å². The Bertz CT molecular complexity index is 82.5. The average molecular weight is 116 g/mol. The Labute approximate surface area is 49.0 Å². The Balaban J connectivity index is 3.46. The van der Waals surface area contributed by atoms with E-state index in [2.05, 4.69) is 0 Å². The first-order valence-electron chi connectivity index (χ1n) is 2.70. The SMILES string of the molecule is CCC(=O)[C@@H](N)CN. The van der Waals surface area contributed by atoms with Crippen molar-refractivity contribution < 1.29 is 4.79 Å². The summed E-state index contributed by atoms with van der Waals surface area (Å²) in [6, 6.07) is -0.444. The topological polar surface area (TPSA) is 69.1 Å². The molecule has 0 saturated heterocycles. The van der Waals surface area contributed by atoms with E-state index in [1.165, 1.54) is 0 Å². The van der Waals surface area contributed by atoms with Gasteiger partial charge in [-0.2, -0.15) is 0 Å². The van der Waals surface area contributed by atoms with Crippen molar-refractivity contribution in [1.29, 1.82) is 0 Å². The first-order chi connectivity index (χ1) is 3.72. The van der Waals surface area contributed by atoms with Crippen LogP contribution < -0.4 is 11.5 Å². The van der Waals surface area contributed by atoms with Crippen LogP contribution >= 0.6 is 0 Å². The molecule has 0 rings (SSSR count). The number of rotatable bonds is 3. The molecule has 8 heavy (non-hydrogen) atoms. The van der Waals surface area contributed by atoms with Crippen LogP contribution in [0.5, 0.6) is 0 Å². The quantitative estimate of drug-likeness (QED) is 0.510. The summed E-state index contributed by atoms with van der Waals surface area (Å²) in [5, 5.41) is 0. The van der Waals surface area contributed by atoms with Crippen molar-refractivity contribution in [1.82, 2.24) is 0 Å². The first kappa shape index (κ1) is 7.59. The van der Waals surface area contributed by atoms with Gasteiger partial charge in [0.1, 0.15) is 0 Å². The smallest absolute Gasteiger partial charge is 0.150 e. The number of Topliss-reactive ketones (excluding diaryl/α,β-unsaturated/α-hetero) is 1. The molecule has 0 bridgehead atoms. The summed E-state index contributed by atoms with van der Waals surface area (Å²) in [7, 11) is 0. The lowest BCUT2D eigenvalue weighted by atomic mass is 10.2. The van der Waals surface area contributed by atoms with Crippen LogP contribution in [0, 0.1) is 0 Å². The third-order valence-corrected chi connectivity index (χ3v) is 1.02. The summed E-state index contributed by atoms with van der Waals surface area (Å²) in [6.45, 7) is 2.03. The van der Waals surface area contributed by atoms with Crippen molar-refractivity contribution >= 4 is 5.78 Å². The predicted molar refractivity (Wildman–Crippen MR) is 32.3 cm³/mol. The van der Waals surface area contributed by atoms with Crippen LogP contribution in [0.2, 0.25) is 0 Å². The minimum Gasteiger partial charge on any atom is -0.328 e. The summed E-state index contributed by atoms with van der Waals surface area (Å²) in [4.78, 5) is 10.5. The molecule has 0 unspecified atom stereocenters. The number of hydrogen-bond donors (Lipinski definition) is 2. The van der Waals surface area contributed by atoms with Gasteiger partial charge in [0.2, 0.25) is 0 Å². The molecule has 0 aliphatic heterocycles. The fourth-order valence-electron chi connectivity index (χ4n) is 0.394. The molecule has 0 radical (unpaired) electrons. The maximum atomic E-state index is 10.5. The van der Waals surface area contributed by atoms with E-state index in [1.807, 2.05) is 0 Å². The second-order valence-electron chi connectivity index (χ2n) is 1.66. The number of hydrogen-bond acceptors (Lipinski definition) is 3. The van der Waals surface area contributed by atoms with E-state index in [0.717, 1.165) is 0 Å². The van der Waals surface area contributed by atoms with Gasteiger partial charge >= 0.3 is 0 Å². The molecule has 3 nitrogen and oxygen atoms in total. The molecule has 4 N–H and O–H groups in total. The van der Waals surface area contributed by atoms with Crippen LogP contribution in [-0.4, -0.2) is 18.4 Å². The molecule has 0 aromatic carbocycles. The van der Waals surface area contributed by atoms with Gasteiger partial charge in [-0.3, -0.25) is 4.79 Å². The Hall–Kier alpha value is -0.410. The van der Waals surface area contributed by atoms with Crippen LogP contribution in [0.1, 0.15) is 13.3 Å². The molecule has 0 spiro atoms. The highest BCUT2D eigenvalue weighted by atomic mass is 16.1. The highest BCUT2D eigenvalue weighted by Gasteiger charge is 2.06. The molecule has 1 atom stereocenters. The van der Waals surface area contributed by atoms with Gasteiger partial charge in [-0.05, 0) is 0 Å². The lowest BCUT2D eigenvalue weighted by Crippen LogP contribution is -2.37. The monoisotopic (exact) mass is 116 g/mol. The Morgan fingerprint density at radius 1 is 1.75 bits per heavy atom. The fourth-order valence-corrected chi connectivity index (χ4v) is 0.394. The molecule has 0 aromatic rings. The lowest BCUT2D eigenvalue weighted by molar-refractivity contribution is -0.119. The molecule has 0 fully saturated rings. The van der Waals surface area contributed by atoms with Crippen molar-refractivity contribution in [2.45, 2.75) is 19.4 Å². The minimum atomic E-state index is -0.444.